The van der Waals surface area contributed by atoms with E-state index in [9.17, 15) is 4.79 Å². The molecule has 0 bridgehead atoms. The van der Waals surface area contributed by atoms with Gasteiger partial charge in [-0.1, -0.05) is 26.2 Å². The second kappa shape index (κ2) is 6.80. The van der Waals surface area contributed by atoms with Crippen molar-refractivity contribution in [1.82, 2.24) is 0 Å². The first-order valence-electron chi connectivity index (χ1n) is 5.75. The molecule has 1 saturated heterocycles. The SMILES string of the molecule is CCCCCCOC(=O)C1COCC1N. The Morgan fingerprint density at radius 1 is 1.40 bits per heavy atom. The van der Waals surface area contributed by atoms with Crippen LogP contribution in [0.5, 0.6) is 0 Å². The molecule has 2 atom stereocenters. The zero-order chi connectivity index (χ0) is 11.1. The highest BCUT2D eigenvalue weighted by Gasteiger charge is 2.32. The minimum absolute atomic E-state index is 0.187. The molecule has 15 heavy (non-hydrogen) atoms. The van der Waals surface area contributed by atoms with Gasteiger partial charge in [0.05, 0.1) is 25.7 Å². The first-order chi connectivity index (χ1) is 7.25. The Morgan fingerprint density at radius 2 is 2.20 bits per heavy atom. The second-order valence-electron chi connectivity index (χ2n) is 4.04. The fraction of sp³-hybridized carbons (Fsp3) is 0.909. The third-order valence-electron chi connectivity index (χ3n) is 2.67. The van der Waals surface area contributed by atoms with Gasteiger partial charge in [0.25, 0.3) is 0 Å². The standard InChI is InChI=1S/C11H21NO3/c1-2-3-4-5-6-15-11(13)9-7-14-8-10(9)12/h9-10H,2-8,12H2,1H3. The lowest BCUT2D eigenvalue weighted by Gasteiger charge is -2.12. The highest BCUT2D eigenvalue weighted by molar-refractivity contribution is 5.73. The summed E-state index contributed by atoms with van der Waals surface area (Å²) in [5.74, 6) is -0.451. The van der Waals surface area contributed by atoms with E-state index in [1.54, 1.807) is 0 Å². The Kier molecular flexibility index (Phi) is 5.65. The van der Waals surface area contributed by atoms with Gasteiger partial charge in [0.1, 0.15) is 0 Å². The van der Waals surface area contributed by atoms with E-state index in [1.807, 2.05) is 0 Å². The molecule has 1 aliphatic heterocycles. The van der Waals surface area contributed by atoms with Crippen LogP contribution in [0, 0.1) is 5.92 Å². The largest absolute Gasteiger partial charge is 0.465 e. The average Bonchev–Trinajstić information content (AvgIpc) is 2.64. The molecule has 4 heteroatoms. The van der Waals surface area contributed by atoms with Gasteiger partial charge in [-0.3, -0.25) is 4.79 Å². The minimum Gasteiger partial charge on any atom is -0.465 e. The monoisotopic (exact) mass is 215 g/mol. The molecule has 0 aliphatic carbocycles. The lowest BCUT2D eigenvalue weighted by Crippen LogP contribution is -2.35. The normalized spacial score (nSPS) is 25.5. The van der Waals surface area contributed by atoms with E-state index in [0.29, 0.717) is 19.8 Å². The molecule has 0 aromatic heterocycles. The maximum absolute atomic E-state index is 11.5. The highest BCUT2D eigenvalue weighted by Crippen LogP contribution is 2.13. The molecule has 4 nitrogen and oxygen atoms in total. The molecule has 0 spiro atoms. The zero-order valence-electron chi connectivity index (χ0n) is 9.41. The fourth-order valence-corrected chi connectivity index (χ4v) is 1.62. The fourth-order valence-electron chi connectivity index (χ4n) is 1.62. The van der Waals surface area contributed by atoms with Crippen molar-refractivity contribution in [2.24, 2.45) is 11.7 Å². The number of esters is 1. The van der Waals surface area contributed by atoms with Crippen molar-refractivity contribution in [3.63, 3.8) is 0 Å². The van der Waals surface area contributed by atoms with Crippen LogP contribution >= 0.6 is 0 Å². The van der Waals surface area contributed by atoms with Gasteiger partial charge in [0.15, 0.2) is 0 Å². The Balaban J connectivity index is 2.08. The number of hydrogen-bond donors (Lipinski definition) is 1. The van der Waals surface area contributed by atoms with E-state index >= 15 is 0 Å². The third-order valence-corrected chi connectivity index (χ3v) is 2.67. The van der Waals surface area contributed by atoms with Crippen LogP contribution in [-0.2, 0) is 14.3 Å². The highest BCUT2D eigenvalue weighted by atomic mass is 16.5. The van der Waals surface area contributed by atoms with Crippen LogP contribution < -0.4 is 5.73 Å². The van der Waals surface area contributed by atoms with Gasteiger partial charge >= 0.3 is 5.97 Å². The van der Waals surface area contributed by atoms with E-state index in [2.05, 4.69) is 6.92 Å². The van der Waals surface area contributed by atoms with Gasteiger partial charge in [0.2, 0.25) is 0 Å². The zero-order valence-corrected chi connectivity index (χ0v) is 9.41. The molecule has 0 aromatic carbocycles. The van der Waals surface area contributed by atoms with Crippen LogP contribution in [0.2, 0.25) is 0 Å². The molecule has 1 aliphatic rings. The lowest BCUT2D eigenvalue weighted by molar-refractivity contribution is -0.148. The van der Waals surface area contributed by atoms with Crippen LogP contribution in [0.1, 0.15) is 32.6 Å². The number of unbranched alkanes of at least 4 members (excludes halogenated alkanes) is 3. The molecule has 88 valence electrons. The molecule has 1 rings (SSSR count). The summed E-state index contributed by atoms with van der Waals surface area (Å²) in [7, 11) is 0. The van der Waals surface area contributed by atoms with Gasteiger partial charge < -0.3 is 15.2 Å². The van der Waals surface area contributed by atoms with Crippen LogP contribution in [0.4, 0.5) is 0 Å². The summed E-state index contributed by atoms with van der Waals surface area (Å²) in [4.78, 5) is 11.5. The molecule has 0 aromatic rings. The van der Waals surface area contributed by atoms with Crippen LogP contribution in [0.15, 0.2) is 0 Å². The quantitative estimate of drug-likeness (QED) is 0.532. The van der Waals surface area contributed by atoms with E-state index in [1.165, 1.54) is 12.8 Å². The molecule has 1 heterocycles. The summed E-state index contributed by atoms with van der Waals surface area (Å²) in [6.45, 7) is 3.55. The Bertz CT molecular complexity index is 196. The van der Waals surface area contributed by atoms with Crippen molar-refractivity contribution in [2.75, 3.05) is 19.8 Å². The summed E-state index contributed by atoms with van der Waals surface area (Å²) in [6.07, 6.45) is 4.46. The number of ether oxygens (including phenoxy) is 2. The first-order valence-corrected chi connectivity index (χ1v) is 5.75. The van der Waals surface area contributed by atoms with Crippen molar-refractivity contribution in [2.45, 2.75) is 38.6 Å². The summed E-state index contributed by atoms with van der Waals surface area (Å²) < 4.78 is 10.3. The van der Waals surface area contributed by atoms with E-state index in [4.69, 9.17) is 15.2 Å². The first kappa shape index (κ1) is 12.5. The van der Waals surface area contributed by atoms with Crippen molar-refractivity contribution in [3.05, 3.63) is 0 Å². The predicted molar refractivity (Wildman–Crippen MR) is 57.4 cm³/mol. The lowest BCUT2D eigenvalue weighted by atomic mass is 10.1. The summed E-state index contributed by atoms with van der Waals surface area (Å²) >= 11 is 0. The van der Waals surface area contributed by atoms with Crippen molar-refractivity contribution >= 4 is 5.97 Å². The molecule has 0 saturated carbocycles. The van der Waals surface area contributed by atoms with Gasteiger partial charge in [0, 0.05) is 6.04 Å². The topological polar surface area (TPSA) is 61.5 Å². The Morgan fingerprint density at radius 3 is 2.80 bits per heavy atom. The summed E-state index contributed by atoms with van der Waals surface area (Å²) in [5, 5.41) is 0. The number of carbonyl (C=O) groups excluding carboxylic acids is 1. The van der Waals surface area contributed by atoms with Crippen LogP contribution in [-0.4, -0.2) is 31.8 Å². The Labute approximate surface area is 91.1 Å². The molecule has 2 unspecified atom stereocenters. The number of rotatable bonds is 6. The molecule has 2 N–H and O–H groups in total. The van der Waals surface area contributed by atoms with E-state index in [0.717, 1.165) is 12.8 Å². The Hall–Kier alpha value is -0.610. The predicted octanol–water partition coefficient (Wildman–Crippen LogP) is 1.08. The molecular formula is C11H21NO3. The van der Waals surface area contributed by atoms with Crippen LogP contribution in [0.3, 0.4) is 0 Å². The van der Waals surface area contributed by atoms with Crippen molar-refractivity contribution in [1.29, 1.82) is 0 Å². The van der Waals surface area contributed by atoms with Gasteiger partial charge in [-0.25, -0.2) is 0 Å². The molecule has 1 fully saturated rings. The third kappa shape index (κ3) is 4.18. The number of carbonyl (C=O) groups is 1. The minimum atomic E-state index is -0.254. The van der Waals surface area contributed by atoms with Gasteiger partial charge in [-0.2, -0.15) is 0 Å². The average molecular weight is 215 g/mol. The molecule has 0 radical (unpaired) electrons. The summed E-state index contributed by atoms with van der Waals surface area (Å²) in [5.41, 5.74) is 5.71. The summed E-state index contributed by atoms with van der Waals surface area (Å²) in [6, 6.07) is -0.187. The molecular weight excluding hydrogens is 194 g/mol. The maximum Gasteiger partial charge on any atom is 0.312 e. The van der Waals surface area contributed by atoms with Crippen molar-refractivity contribution < 1.29 is 14.3 Å². The van der Waals surface area contributed by atoms with E-state index < -0.39 is 0 Å². The van der Waals surface area contributed by atoms with E-state index in [-0.39, 0.29) is 17.9 Å². The molecule has 0 amide bonds. The van der Waals surface area contributed by atoms with Crippen LogP contribution in [0.25, 0.3) is 0 Å². The van der Waals surface area contributed by atoms with Gasteiger partial charge in [-0.05, 0) is 6.42 Å². The second-order valence-corrected chi connectivity index (χ2v) is 4.04. The smallest absolute Gasteiger partial charge is 0.312 e. The number of hydrogen-bond acceptors (Lipinski definition) is 4. The van der Waals surface area contributed by atoms with Crippen molar-refractivity contribution in [3.8, 4) is 0 Å². The maximum atomic E-state index is 11.5. The van der Waals surface area contributed by atoms with Gasteiger partial charge in [-0.15, -0.1) is 0 Å². The number of nitrogens with two attached hydrogens (primary N) is 1.